The average Bonchev–Trinajstić information content (AvgIpc) is 3.22. The van der Waals surface area contributed by atoms with Gasteiger partial charge in [0.2, 0.25) is 5.91 Å². The molecule has 0 radical (unpaired) electrons. The number of amides is 1. The number of benzene rings is 2. The first-order valence-corrected chi connectivity index (χ1v) is 10.7. The van der Waals surface area contributed by atoms with Crippen LogP contribution in [-0.4, -0.2) is 36.3 Å². The van der Waals surface area contributed by atoms with Crippen LogP contribution >= 0.6 is 11.8 Å². The summed E-state index contributed by atoms with van der Waals surface area (Å²) in [7, 11) is 0. The Labute approximate surface area is 191 Å². The van der Waals surface area contributed by atoms with Gasteiger partial charge in [-0.1, -0.05) is 42.1 Å². The van der Waals surface area contributed by atoms with Gasteiger partial charge in [0.05, 0.1) is 22.9 Å². The molecule has 33 heavy (non-hydrogen) atoms. The number of carbonyl (C=O) groups excluding carboxylic acids is 1. The summed E-state index contributed by atoms with van der Waals surface area (Å²) in [4.78, 5) is 26.7. The van der Waals surface area contributed by atoms with Gasteiger partial charge in [-0.2, -0.15) is 0 Å². The highest BCUT2D eigenvalue weighted by Gasteiger charge is 2.18. The Balaban J connectivity index is 1.53. The zero-order valence-corrected chi connectivity index (χ0v) is 17.9. The van der Waals surface area contributed by atoms with E-state index in [1.165, 1.54) is 0 Å². The van der Waals surface area contributed by atoms with Crippen LogP contribution in [0.4, 0.5) is 15.8 Å². The fourth-order valence-electron chi connectivity index (χ4n) is 3.06. The summed E-state index contributed by atoms with van der Waals surface area (Å²) < 4.78 is 15.9. The van der Waals surface area contributed by atoms with E-state index in [1.807, 2.05) is 47.0 Å². The maximum absolute atomic E-state index is 14.0. The quantitative estimate of drug-likeness (QED) is 0.236. The molecule has 4 aromatic rings. The molecule has 4 rings (SSSR count). The molecule has 0 spiro atoms. The SMILES string of the molecule is O=C(CSc1nnc(-c2ccncc2)n1Cc1ccccc1)Nc1cc([N+](=O)[O-])ccc1F. The van der Waals surface area contributed by atoms with Crippen LogP contribution in [-0.2, 0) is 11.3 Å². The van der Waals surface area contributed by atoms with Gasteiger partial charge in [-0.05, 0) is 23.8 Å². The first kappa shape index (κ1) is 22.1. The predicted octanol–water partition coefficient (Wildman–Crippen LogP) is 4.17. The van der Waals surface area contributed by atoms with Gasteiger partial charge in [-0.25, -0.2) is 4.39 Å². The number of rotatable bonds is 8. The molecule has 1 amide bonds. The number of nitrogens with zero attached hydrogens (tertiary/aromatic N) is 5. The smallest absolute Gasteiger partial charge is 0.271 e. The normalized spacial score (nSPS) is 10.7. The molecule has 1 N–H and O–H groups in total. The van der Waals surface area contributed by atoms with E-state index in [-0.39, 0.29) is 17.1 Å². The van der Waals surface area contributed by atoms with Crippen LogP contribution in [0.3, 0.4) is 0 Å². The standard InChI is InChI=1S/C22H17FN6O3S/c23-18-7-6-17(29(31)32)12-19(18)25-20(30)14-33-22-27-26-21(16-8-10-24-11-9-16)28(22)13-15-4-2-1-3-5-15/h1-12H,13-14H2,(H,25,30). The molecule has 0 saturated heterocycles. The van der Waals surface area contributed by atoms with Crippen molar-refractivity contribution in [2.45, 2.75) is 11.7 Å². The molecule has 0 atom stereocenters. The van der Waals surface area contributed by atoms with Crippen molar-refractivity contribution in [1.82, 2.24) is 19.7 Å². The highest BCUT2D eigenvalue weighted by molar-refractivity contribution is 7.99. The number of thioether (sulfide) groups is 1. The lowest BCUT2D eigenvalue weighted by atomic mass is 10.2. The third-order valence-corrected chi connectivity index (χ3v) is 5.57. The number of nitro benzene ring substituents is 1. The van der Waals surface area contributed by atoms with E-state index in [9.17, 15) is 19.3 Å². The van der Waals surface area contributed by atoms with Crippen molar-refractivity contribution in [3.05, 3.63) is 94.6 Å². The fraction of sp³-hybridized carbons (Fsp3) is 0.0909. The van der Waals surface area contributed by atoms with Gasteiger partial charge < -0.3 is 5.32 Å². The summed E-state index contributed by atoms with van der Waals surface area (Å²) in [6.07, 6.45) is 3.31. The predicted molar refractivity (Wildman–Crippen MR) is 121 cm³/mol. The summed E-state index contributed by atoms with van der Waals surface area (Å²) in [6, 6.07) is 16.3. The Morgan fingerprint density at radius 2 is 1.85 bits per heavy atom. The minimum atomic E-state index is -0.758. The molecule has 2 heterocycles. The van der Waals surface area contributed by atoms with Crippen molar-refractivity contribution in [3.8, 4) is 11.4 Å². The van der Waals surface area contributed by atoms with E-state index >= 15 is 0 Å². The molecule has 0 fully saturated rings. The molecule has 11 heteroatoms. The number of pyridine rings is 1. The second-order valence-electron chi connectivity index (χ2n) is 6.87. The van der Waals surface area contributed by atoms with Crippen molar-refractivity contribution in [1.29, 1.82) is 0 Å². The lowest BCUT2D eigenvalue weighted by Crippen LogP contribution is -2.16. The van der Waals surface area contributed by atoms with Crippen molar-refractivity contribution in [2.75, 3.05) is 11.1 Å². The van der Waals surface area contributed by atoms with Crippen molar-refractivity contribution in [2.24, 2.45) is 0 Å². The molecule has 2 aromatic carbocycles. The Kier molecular flexibility index (Phi) is 6.69. The minimum Gasteiger partial charge on any atom is -0.323 e. The third-order valence-electron chi connectivity index (χ3n) is 4.61. The zero-order valence-electron chi connectivity index (χ0n) is 17.1. The van der Waals surface area contributed by atoms with E-state index in [0.717, 1.165) is 41.1 Å². The van der Waals surface area contributed by atoms with Crippen LogP contribution in [0.5, 0.6) is 0 Å². The van der Waals surface area contributed by atoms with Crippen LogP contribution < -0.4 is 5.32 Å². The van der Waals surface area contributed by atoms with E-state index in [4.69, 9.17) is 0 Å². The number of aromatic nitrogens is 4. The number of anilines is 1. The third kappa shape index (κ3) is 5.39. The summed E-state index contributed by atoms with van der Waals surface area (Å²) in [5.74, 6) is -0.759. The molecule has 0 aliphatic heterocycles. The Bertz CT molecular complexity index is 1280. The van der Waals surface area contributed by atoms with Crippen molar-refractivity contribution >= 4 is 29.0 Å². The lowest BCUT2D eigenvalue weighted by molar-refractivity contribution is -0.384. The largest absolute Gasteiger partial charge is 0.323 e. The summed E-state index contributed by atoms with van der Waals surface area (Å²) in [6.45, 7) is 0.481. The van der Waals surface area contributed by atoms with Gasteiger partial charge in [0, 0.05) is 30.1 Å². The maximum atomic E-state index is 14.0. The number of nitro groups is 1. The highest BCUT2D eigenvalue weighted by atomic mass is 32.2. The molecule has 9 nitrogen and oxygen atoms in total. The molecule has 0 bridgehead atoms. The van der Waals surface area contributed by atoms with Gasteiger partial charge in [0.15, 0.2) is 11.0 Å². The van der Waals surface area contributed by atoms with Crippen molar-refractivity contribution in [3.63, 3.8) is 0 Å². The molecule has 2 aromatic heterocycles. The monoisotopic (exact) mass is 464 g/mol. The van der Waals surface area contributed by atoms with Crippen LogP contribution in [0.15, 0.2) is 78.2 Å². The Morgan fingerprint density at radius 3 is 2.58 bits per heavy atom. The van der Waals surface area contributed by atoms with E-state index in [2.05, 4.69) is 20.5 Å². The number of hydrogen-bond donors (Lipinski definition) is 1. The lowest BCUT2D eigenvalue weighted by Gasteiger charge is -2.11. The van der Waals surface area contributed by atoms with Crippen LogP contribution in [0.25, 0.3) is 11.4 Å². The fourth-order valence-corrected chi connectivity index (χ4v) is 3.80. The summed E-state index contributed by atoms with van der Waals surface area (Å²) >= 11 is 1.13. The second kappa shape index (κ2) is 10.0. The van der Waals surface area contributed by atoms with Gasteiger partial charge in [0.25, 0.3) is 5.69 Å². The van der Waals surface area contributed by atoms with Gasteiger partial charge in [-0.15, -0.1) is 10.2 Å². The highest BCUT2D eigenvalue weighted by Crippen LogP contribution is 2.26. The number of hydrogen-bond acceptors (Lipinski definition) is 7. The van der Waals surface area contributed by atoms with Crippen LogP contribution in [0, 0.1) is 15.9 Å². The molecule has 0 aliphatic rings. The number of carbonyl (C=O) groups is 1. The average molecular weight is 464 g/mol. The number of non-ortho nitro benzene ring substituents is 1. The zero-order chi connectivity index (χ0) is 23.2. The molecular weight excluding hydrogens is 447 g/mol. The molecule has 0 unspecified atom stereocenters. The molecule has 166 valence electrons. The number of halogens is 1. The first-order valence-electron chi connectivity index (χ1n) is 9.75. The minimum absolute atomic E-state index is 0.0919. The molecule has 0 aliphatic carbocycles. The molecular formula is C22H17FN6O3S. The van der Waals surface area contributed by atoms with E-state index in [0.29, 0.717) is 17.5 Å². The summed E-state index contributed by atoms with van der Waals surface area (Å²) in [5.41, 5.74) is 1.28. The van der Waals surface area contributed by atoms with Gasteiger partial charge in [-0.3, -0.25) is 24.5 Å². The van der Waals surface area contributed by atoms with Crippen LogP contribution in [0.1, 0.15) is 5.56 Å². The van der Waals surface area contributed by atoms with E-state index in [1.54, 1.807) is 12.4 Å². The van der Waals surface area contributed by atoms with E-state index < -0.39 is 16.6 Å². The van der Waals surface area contributed by atoms with Crippen LogP contribution in [0.2, 0.25) is 0 Å². The second-order valence-corrected chi connectivity index (χ2v) is 7.81. The van der Waals surface area contributed by atoms with Gasteiger partial charge in [0.1, 0.15) is 5.82 Å². The topological polar surface area (TPSA) is 116 Å². The van der Waals surface area contributed by atoms with Gasteiger partial charge >= 0.3 is 0 Å². The Morgan fingerprint density at radius 1 is 1.09 bits per heavy atom. The first-order chi connectivity index (χ1) is 16.0. The number of nitrogens with one attached hydrogen (secondary N) is 1. The maximum Gasteiger partial charge on any atom is 0.271 e. The van der Waals surface area contributed by atoms with Crippen molar-refractivity contribution < 1.29 is 14.1 Å². The summed E-state index contributed by atoms with van der Waals surface area (Å²) in [5, 5.41) is 22.3. The molecule has 0 saturated carbocycles. The Hall–Kier alpha value is -4.12.